The van der Waals surface area contributed by atoms with E-state index in [2.05, 4.69) is 17.4 Å². The van der Waals surface area contributed by atoms with Crippen molar-refractivity contribution in [2.24, 2.45) is 11.7 Å². The second kappa shape index (κ2) is 5.60. The highest BCUT2D eigenvalue weighted by Gasteiger charge is 2.32. The van der Waals surface area contributed by atoms with Crippen LogP contribution in [-0.2, 0) is 0 Å². The van der Waals surface area contributed by atoms with Gasteiger partial charge in [-0.15, -0.1) is 0 Å². The fourth-order valence-electron chi connectivity index (χ4n) is 3.25. The maximum atomic E-state index is 12.9. The maximum absolute atomic E-state index is 12.9. The van der Waals surface area contributed by atoms with E-state index in [0.29, 0.717) is 18.4 Å². The average molecular weight is 309 g/mol. The van der Waals surface area contributed by atoms with Gasteiger partial charge < -0.3 is 11.1 Å². The predicted molar refractivity (Wildman–Crippen MR) is 91.5 cm³/mol. The number of pyridine rings is 1. The normalized spacial score (nSPS) is 18.9. The van der Waals surface area contributed by atoms with Gasteiger partial charge in [-0.3, -0.25) is 9.78 Å². The Morgan fingerprint density at radius 3 is 2.74 bits per heavy atom. The van der Waals surface area contributed by atoms with E-state index in [9.17, 15) is 4.79 Å². The number of nitrogens with two attached hydrogens (primary N) is 1. The van der Waals surface area contributed by atoms with Gasteiger partial charge in [0.05, 0.1) is 11.1 Å². The van der Waals surface area contributed by atoms with Crippen molar-refractivity contribution in [1.29, 1.82) is 0 Å². The summed E-state index contributed by atoms with van der Waals surface area (Å²) in [5.74, 6) is 1.08. The highest BCUT2D eigenvalue weighted by molar-refractivity contribution is 6.06. The SMILES string of the molecule is Cc1ccc2nc(C3CC3)cc(C(=O)NC(CN)C3CC3)c2c1. The number of hydrogen-bond donors (Lipinski definition) is 2. The topological polar surface area (TPSA) is 68.0 Å². The third-order valence-electron chi connectivity index (χ3n) is 4.99. The lowest BCUT2D eigenvalue weighted by atomic mass is 10.0. The maximum Gasteiger partial charge on any atom is 0.252 e. The van der Waals surface area contributed by atoms with Crippen molar-refractivity contribution in [1.82, 2.24) is 10.3 Å². The molecule has 4 rings (SSSR count). The molecule has 2 aromatic rings. The van der Waals surface area contributed by atoms with Crippen LogP contribution >= 0.6 is 0 Å². The van der Waals surface area contributed by atoms with Gasteiger partial charge in [0.2, 0.25) is 0 Å². The fraction of sp³-hybridized carbons (Fsp3) is 0.474. The third kappa shape index (κ3) is 2.95. The van der Waals surface area contributed by atoms with Crippen LogP contribution in [0.2, 0.25) is 0 Å². The van der Waals surface area contributed by atoms with E-state index in [1.165, 1.54) is 25.7 Å². The second-order valence-corrected chi connectivity index (χ2v) is 7.04. The lowest BCUT2D eigenvalue weighted by molar-refractivity contribution is 0.0935. The first-order valence-corrected chi connectivity index (χ1v) is 8.58. The summed E-state index contributed by atoms with van der Waals surface area (Å²) >= 11 is 0. The number of hydrogen-bond acceptors (Lipinski definition) is 3. The number of carbonyl (C=O) groups excluding carboxylic acids is 1. The molecule has 120 valence electrons. The molecule has 23 heavy (non-hydrogen) atoms. The zero-order valence-corrected chi connectivity index (χ0v) is 13.5. The summed E-state index contributed by atoms with van der Waals surface area (Å²) in [5.41, 5.74) is 9.71. The van der Waals surface area contributed by atoms with Crippen LogP contribution in [0.15, 0.2) is 24.3 Å². The fourth-order valence-corrected chi connectivity index (χ4v) is 3.25. The summed E-state index contributed by atoms with van der Waals surface area (Å²) in [6.45, 7) is 2.55. The van der Waals surface area contributed by atoms with E-state index in [0.717, 1.165) is 27.7 Å². The zero-order chi connectivity index (χ0) is 16.0. The van der Waals surface area contributed by atoms with E-state index in [4.69, 9.17) is 10.7 Å². The number of benzene rings is 1. The van der Waals surface area contributed by atoms with E-state index in [-0.39, 0.29) is 11.9 Å². The van der Waals surface area contributed by atoms with Crippen LogP contribution in [-0.4, -0.2) is 23.5 Å². The number of nitrogens with zero attached hydrogens (tertiary/aromatic N) is 1. The minimum absolute atomic E-state index is 0.00718. The molecule has 1 heterocycles. The summed E-state index contributed by atoms with van der Waals surface area (Å²) < 4.78 is 0. The number of carbonyl (C=O) groups is 1. The van der Waals surface area contributed by atoms with Crippen LogP contribution in [0.4, 0.5) is 0 Å². The van der Waals surface area contributed by atoms with Gasteiger partial charge in [-0.2, -0.15) is 0 Å². The van der Waals surface area contributed by atoms with Crippen molar-refractivity contribution in [2.45, 2.75) is 44.6 Å². The van der Waals surface area contributed by atoms with E-state index < -0.39 is 0 Å². The van der Waals surface area contributed by atoms with Crippen LogP contribution in [0.1, 0.15) is 53.2 Å². The van der Waals surface area contributed by atoms with Gasteiger partial charge in [0.15, 0.2) is 0 Å². The quantitative estimate of drug-likeness (QED) is 0.892. The van der Waals surface area contributed by atoms with Crippen molar-refractivity contribution < 1.29 is 4.79 Å². The molecule has 2 aliphatic rings. The smallest absolute Gasteiger partial charge is 0.252 e. The number of nitrogens with one attached hydrogen (secondary N) is 1. The molecule has 2 aliphatic carbocycles. The number of aryl methyl sites for hydroxylation is 1. The summed E-state index contributed by atoms with van der Waals surface area (Å²) in [6, 6.07) is 8.23. The Balaban J connectivity index is 1.73. The minimum Gasteiger partial charge on any atom is -0.348 e. The molecule has 1 aromatic carbocycles. The Hall–Kier alpha value is -1.94. The molecule has 2 fully saturated rings. The van der Waals surface area contributed by atoms with Crippen LogP contribution < -0.4 is 11.1 Å². The second-order valence-electron chi connectivity index (χ2n) is 7.04. The van der Waals surface area contributed by atoms with Crippen LogP contribution in [0.25, 0.3) is 10.9 Å². The van der Waals surface area contributed by atoms with E-state index >= 15 is 0 Å². The van der Waals surface area contributed by atoms with Gasteiger partial charge in [-0.05, 0) is 56.7 Å². The molecular formula is C19H23N3O. The Morgan fingerprint density at radius 1 is 1.30 bits per heavy atom. The van der Waals surface area contributed by atoms with Crippen LogP contribution in [0.5, 0.6) is 0 Å². The van der Waals surface area contributed by atoms with Crippen molar-refractivity contribution in [3.05, 3.63) is 41.1 Å². The predicted octanol–water partition coefficient (Wildman–Crippen LogP) is 2.89. The standard InChI is InChI=1S/C19H23N3O/c1-11-2-7-16-14(8-11)15(9-17(21-16)12-3-4-12)19(23)22-18(10-20)13-5-6-13/h2,7-9,12-13,18H,3-6,10,20H2,1H3,(H,22,23). The molecule has 1 unspecified atom stereocenters. The molecule has 4 heteroatoms. The molecule has 0 bridgehead atoms. The molecule has 0 saturated heterocycles. The Labute approximate surface area is 136 Å². The van der Waals surface area contributed by atoms with Gasteiger partial charge in [-0.1, -0.05) is 11.6 Å². The first-order valence-electron chi connectivity index (χ1n) is 8.58. The van der Waals surface area contributed by atoms with Crippen LogP contribution in [0.3, 0.4) is 0 Å². The summed E-state index contributed by atoms with van der Waals surface area (Å²) in [5, 5.41) is 4.09. The van der Waals surface area contributed by atoms with Crippen molar-refractivity contribution in [3.63, 3.8) is 0 Å². The number of amides is 1. The third-order valence-corrected chi connectivity index (χ3v) is 4.99. The van der Waals surface area contributed by atoms with Gasteiger partial charge >= 0.3 is 0 Å². The molecule has 1 atom stereocenters. The molecule has 0 radical (unpaired) electrons. The highest BCUT2D eigenvalue weighted by Crippen LogP contribution is 2.40. The Bertz CT molecular complexity index is 763. The molecule has 1 aromatic heterocycles. The van der Waals surface area contributed by atoms with Gasteiger partial charge in [0, 0.05) is 29.6 Å². The van der Waals surface area contributed by atoms with Crippen molar-refractivity contribution >= 4 is 16.8 Å². The molecule has 4 nitrogen and oxygen atoms in total. The lowest BCUT2D eigenvalue weighted by Crippen LogP contribution is -2.41. The number of rotatable bonds is 5. The molecule has 0 aliphatic heterocycles. The largest absolute Gasteiger partial charge is 0.348 e. The minimum atomic E-state index is -0.00718. The van der Waals surface area contributed by atoms with Crippen molar-refractivity contribution in [2.75, 3.05) is 6.54 Å². The van der Waals surface area contributed by atoms with E-state index in [1.54, 1.807) is 0 Å². The number of fused-ring (bicyclic) bond motifs is 1. The van der Waals surface area contributed by atoms with E-state index in [1.807, 2.05) is 19.1 Å². The first-order chi connectivity index (χ1) is 11.2. The van der Waals surface area contributed by atoms with Crippen molar-refractivity contribution in [3.8, 4) is 0 Å². The Kier molecular flexibility index (Phi) is 3.57. The molecule has 2 saturated carbocycles. The van der Waals surface area contributed by atoms with Crippen LogP contribution in [0, 0.1) is 12.8 Å². The monoisotopic (exact) mass is 309 g/mol. The molecule has 1 amide bonds. The molecule has 3 N–H and O–H groups in total. The summed E-state index contributed by atoms with van der Waals surface area (Å²) in [7, 11) is 0. The molecule has 0 spiro atoms. The summed E-state index contributed by atoms with van der Waals surface area (Å²) in [4.78, 5) is 17.6. The lowest BCUT2D eigenvalue weighted by Gasteiger charge is -2.17. The number of aromatic nitrogens is 1. The molecular weight excluding hydrogens is 286 g/mol. The van der Waals surface area contributed by atoms with Gasteiger partial charge in [-0.25, -0.2) is 0 Å². The zero-order valence-electron chi connectivity index (χ0n) is 13.5. The Morgan fingerprint density at radius 2 is 2.09 bits per heavy atom. The first kappa shape index (κ1) is 14.6. The van der Waals surface area contributed by atoms with Gasteiger partial charge in [0.1, 0.15) is 0 Å². The summed E-state index contributed by atoms with van der Waals surface area (Å²) in [6.07, 6.45) is 4.70. The average Bonchev–Trinajstić information content (AvgIpc) is 3.43. The highest BCUT2D eigenvalue weighted by atomic mass is 16.1. The van der Waals surface area contributed by atoms with Gasteiger partial charge in [0.25, 0.3) is 5.91 Å².